The number of quaternary nitrogens is 2. The maximum atomic E-state index is 12.1. The molecule has 122 valence electrons. The van der Waals surface area contributed by atoms with Crippen LogP contribution < -0.4 is 15.1 Å². The van der Waals surface area contributed by atoms with E-state index in [1.54, 1.807) is 4.90 Å². The van der Waals surface area contributed by atoms with Gasteiger partial charge in [0.2, 0.25) is 0 Å². The van der Waals surface area contributed by atoms with Crippen LogP contribution in [0.3, 0.4) is 0 Å². The summed E-state index contributed by atoms with van der Waals surface area (Å²) in [5.41, 5.74) is 1.41. The Morgan fingerprint density at radius 1 is 1.05 bits per heavy atom. The van der Waals surface area contributed by atoms with Gasteiger partial charge in [0.05, 0.1) is 0 Å². The lowest BCUT2D eigenvalue weighted by atomic mass is 10.1. The predicted molar refractivity (Wildman–Crippen MR) is 88.8 cm³/mol. The van der Waals surface area contributed by atoms with Gasteiger partial charge in [-0.05, 0) is 12.8 Å². The monoisotopic (exact) mass is 305 g/mol. The Balaban J connectivity index is 1.70. The standard InChI is InChI=1S/C18H29N3O/c1-15(2)16(3)19-18(22)14-21-11-9-20(10-12-21)13-17-7-5-4-6-8-17/h4-8,15-16H,9-14H2,1-3H3,(H,19,22)/p+2/t16-/m0/s1. The number of hydrogen-bond donors (Lipinski definition) is 3. The molecule has 2 rings (SSSR count). The lowest BCUT2D eigenvalue weighted by Crippen LogP contribution is -3.28. The number of piperazine rings is 1. The summed E-state index contributed by atoms with van der Waals surface area (Å²) >= 11 is 0. The summed E-state index contributed by atoms with van der Waals surface area (Å²) in [6.45, 7) is 12.6. The molecule has 1 heterocycles. The van der Waals surface area contributed by atoms with E-state index >= 15 is 0 Å². The highest BCUT2D eigenvalue weighted by atomic mass is 16.2. The van der Waals surface area contributed by atoms with Gasteiger partial charge in [0.15, 0.2) is 6.54 Å². The Morgan fingerprint density at radius 3 is 2.23 bits per heavy atom. The van der Waals surface area contributed by atoms with Crippen molar-refractivity contribution in [1.82, 2.24) is 5.32 Å². The normalized spacial score (nSPS) is 23.3. The average molecular weight is 305 g/mol. The summed E-state index contributed by atoms with van der Waals surface area (Å²) in [4.78, 5) is 15.1. The fraction of sp³-hybridized carbons (Fsp3) is 0.611. The fourth-order valence-electron chi connectivity index (χ4n) is 2.89. The molecule has 1 fully saturated rings. The average Bonchev–Trinajstić information content (AvgIpc) is 2.50. The van der Waals surface area contributed by atoms with Crippen LogP contribution in [0.15, 0.2) is 30.3 Å². The van der Waals surface area contributed by atoms with Crippen LogP contribution in [0, 0.1) is 5.92 Å². The van der Waals surface area contributed by atoms with Gasteiger partial charge in [-0.25, -0.2) is 0 Å². The molecule has 1 atom stereocenters. The van der Waals surface area contributed by atoms with Crippen molar-refractivity contribution in [3.05, 3.63) is 35.9 Å². The molecule has 0 radical (unpaired) electrons. The number of hydrogen-bond acceptors (Lipinski definition) is 1. The third-order valence-electron chi connectivity index (χ3n) is 4.76. The Labute approximate surface area is 134 Å². The van der Waals surface area contributed by atoms with E-state index in [-0.39, 0.29) is 11.9 Å². The van der Waals surface area contributed by atoms with Gasteiger partial charge in [-0.15, -0.1) is 0 Å². The minimum atomic E-state index is 0.197. The molecule has 4 nitrogen and oxygen atoms in total. The van der Waals surface area contributed by atoms with E-state index in [2.05, 4.69) is 56.4 Å². The van der Waals surface area contributed by atoms with Crippen molar-refractivity contribution in [3.8, 4) is 0 Å². The van der Waals surface area contributed by atoms with Gasteiger partial charge in [-0.1, -0.05) is 44.2 Å². The number of rotatable bonds is 6. The second-order valence-corrected chi connectivity index (χ2v) is 6.94. The Bertz CT molecular complexity index is 453. The van der Waals surface area contributed by atoms with Crippen molar-refractivity contribution in [2.75, 3.05) is 32.7 Å². The lowest BCUT2D eigenvalue weighted by molar-refractivity contribution is -1.02. The fourth-order valence-corrected chi connectivity index (χ4v) is 2.89. The van der Waals surface area contributed by atoms with Crippen molar-refractivity contribution < 1.29 is 14.6 Å². The lowest BCUT2D eigenvalue weighted by Gasteiger charge is -2.29. The van der Waals surface area contributed by atoms with Crippen molar-refractivity contribution >= 4 is 5.91 Å². The molecule has 1 aliphatic rings. The number of nitrogens with one attached hydrogen (secondary N) is 3. The minimum absolute atomic E-state index is 0.197. The molecule has 1 aromatic rings. The molecule has 1 aliphatic heterocycles. The molecule has 0 aromatic heterocycles. The summed E-state index contributed by atoms with van der Waals surface area (Å²) in [7, 11) is 0. The van der Waals surface area contributed by atoms with E-state index in [4.69, 9.17) is 0 Å². The van der Waals surface area contributed by atoms with Crippen molar-refractivity contribution in [1.29, 1.82) is 0 Å². The van der Waals surface area contributed by atoms with Crippen LogP contribution in [0.4, 0.5) is 0 Å². The van der Waals surface area contributed by atoms with E-state index in [1.165, 1.54) is 10.5 Å². The molecule has 0 spiro atoms. The van der Waals surface area contributed by atoms with Crippen LogP contribution in [0.2, 0.25) is 0 Å². The molecule has 1 saturated heterocycles. The van der Waals surface area contributed by atoms with Crippen molar-refractivity contribution in [2.45, 2.75) is 33.4 Å². The molecular formula is C18H31N3O+2. The second kappa shape index (κ2) is 8.30. The molecule has 0 bridgehead atoms. The van der Waals surface area contributed by atoms with Gasteiger partial charge in [-0.2, -0.15) is 0 Å². The number of amides is 1. The van der Waals surface area contributed by atoms with Gasteiger partial charge in [0.25, 0.3) is 5.91 Å². The van der Waals surface area contributed by atoms with Crippen LogP contribution in [0.25, 0.3) is 0 Å². The number of carbonyl (C=O) groups excluding carboxylic acids is 1. The zero-order chi connectivity index (χ0) is 15.9. The second-order valence-electron chi connectivity index (χ2n) is 6.94. The largest absolute Gasteiger partial charge is 0.348 e. The first-order chi connectivity index (χ1) is 10.5. The Kier molecular flexibility index (Phi) is 6.40. The zero-order valence-corrected chi connectivity index (χ0v) is 14.2. The van der Waals surface area contributed by atoms with E-state index < -0.39 is 0 Å². The Morgan fingerprint density at radius 2 is 1.64 bits per heavy atom. The topological polar surface area (TPSA) is 38.0 Å². The first-order valence-electron chi connectivity index (χ1n) is 8.55. The summed E-state index contributed by atoms with van der Waals surface area (Å²) in [6.07, 6.45) is 0. The first kappa shape index (κ1) is 17.0. The molecule has 4 heteroatoms. The number of carbonyl (C=O) groups is 1. The molecule has 0 aliphatic carbocycles. The van der Waals surface area contributed by atoms with E-state index in [1.807, 2.05) is 0 Å². The summed E-state index contributed by atoms with van der Waals surface area (Å²) < 4.78 is 0. The Hall–Kier alpha value is -1.39. The maximum Gasteiger partial charge on any atom is 0.275 e. The van der Waals surface area contributed by atoms with Gasteiger partial charge in [-0.3, -0.25) is 4.79 Å². The summed E-state index contributed by atoms with van der Waals surface area (Å²) in [6, 6.07) is 10.9. The zero-order valence-electron chi connectivity index (χ0n) is 14.2. The summed E-state index contributed by atoms with van der Waals surface area (Å²) in [5.74, 6) is 0.689. The SMILES string of the molecule is CC(C)[C@H](C)NC(=O)C[NH+]1CC[NH+](Cc2ccccc2)CC1. The molecule has 0 unspecified atom stereocenters. The third-order valence-corrected chi connectivity index (χ3v) is 4.76. The molecule has 1 aromatic carbocycles. The maximum absolute atomic E-state index is 12.1. The van der Waals surface area contributed by atoms with E-state index in [0.717, 1.165) is 32.7 Å². The minimum Gasteiger partial charge on any atom is -0.348 e. The summed E-state index contributed by atoms with van der Waals surface area (Å²) in [5, 5.41) is 3.11. The van der Waals surface area contributed by atoms with Crippen LogP contribution in [0.1, 0.15) is 26.3 Å². The highest BCUT2D eigenvalue weighted by molar-refractivity contribution is 5.77. The highest BCUT2D eigenvalue weighted by Crippen LogP contribution is 1.98. The van der Waals surface area contributed by atoms with Crippen LogP contribution in [-0.2, 0) is 11.3 Å². The van der Waals surface area contributed by atoms with Crippen molar-refractivity contribution in [3.63, 3.8) is 0 Å². The van der Waals surface area contributed by atoms with Gasteiger partial charge in [0, 0.05) is 11.6 Å². The van der Waals surface area contributed by atoms with Gasteiger partial charge >= 0.3 is 0 Å². The molecule has 1 amide bonds. The molecule has 0 saturated carbocycles. The van der Waals surface area contributed by atoms with Gasteiger partial charge in [0.1, 0.15) is 32.7 Å². The van der Waals surface area contributed by atoms with Crippen molar-refractivity contribution in [2.24, 2.45) is 5.92 Å². The predicted octanol–water partition coefficient (Wildman–Crippen LogP) is -0.869. The smallest absolute Gasteiger partial charge is 0.275 e. The van der Waals surface area contributed by atoms with E-state index in [0.29, 0.717) is 12.5 Å². The quantitative estimate of drug-likeness (QED) is 0.628. The van der Waals surface area contributed by atoms with Crippen LogP contribution >= 0.6 is 0 Å². The number of benzene rings is 1. The van der Waals surface area contributed by atoms with E-state index in [9.17, 15) is 4.79 Å². The van der Waals surface area contributed by atoms with Gasteiger partial charge < -0.3 is 15.1 Å². The first-order valence-corrected chi connectivity index (χ1v) is 8.55. The third kappa shape index (κ3) is 5.43. The van der Waals surface area contributed by atoms with Crippen LogP contribution in [-0.4, -0.2) is 44.7 Å². The molecular weight excluding hydrogens is 274 g/mol. The molecule has 3 N–H and O–H groups in total. The highest BCUT2D eigenvalue weighted by Gasteiger charge is 2.25. The molecule has 22 heavy (non-hydrogen) atoms. The van der Waals surface area contributed by atoms with Crippen LogP contribution in [0.5, 0.6) is 0 Å².